The van der Waals surface area contributed by atoms with Crippen molar-refractivity contribution >= 4 is 0 Å². The van der Waals surface area contributed by atoms with Crippen LogP contribution in [0, 0.1) is 5.92 Å². The fourth-order valence-corrected chi connectivity index (χ4v) is 3.21. The van der Waals surface area contributed by atoms with Gasteiger partial charge in [-0.3, -0.25) is 0 Å². The monoisotopic (exact) mass is 225 g/mol. The minimum absolute atomic E-state index is 0.533. The van der Waals surface area contributed by atoms with Gasteiger partial charge < -0.3 is 9.64 Å². The Bertz CT molecular complexity index is 181. The molecule has 2 aliphatic rings. The van der Waals surface area contributed by atoms with E-state index < -0.39 is 0 Å². The number of piperidine rings is 1. The van der Waals surface area contributed by atoms with E-state index in [-0.39, 0.29) is 0 Å². The van der Waals surface area contributed by atoms with Gasteiger partial charge in [0.05, 0.1) is 6.10 Å². The Balaban J connectivity index is 1.59. The van der Waals surface area contributed by atoms with Crippen LogP contribution in [-0.2, 0) is 4.74 Å². The summed E-state index contributed by atoms with van der Waals surface area (Å²) in [6.45, 7) is 3.84. The zero-order valence-electron chi connectivity index (χ0n) is 10.8. The van der Waals surface area contributed by atoms with Crippen LogP contribution >= 0.6 is 0 Å². The average Bonchev–Trinajstić information content (AvgIpc) is 2.38. The van der Waals surface area contributed by atoms with Crippen molar-refractivity contribution in [1.29, 1.82) is 0 Å². The number of ether oxygens (including phenoxy) is 1. The Labute approximate surface area is 100 Å². The van der Waals surface area contributed by atoms with Crippen molar-refractivity contribution in [3.05, 3.63) is 0 Å². The van der Waals surface area contributed by atoms with E-state index in [2.05, 4.69) is 4.90 Å². The molecule has 2 heteroatoms. The van der Waals surface area contributed by atoms with E-state index in [0.29, 0.717) is 6.10 Å². The summed E-state index contributed by atoms with van der Waals surface area (Å²) in [4.78, 5) is 2.64. The Morgan fingerprint density at radius 3 is 2.31 bits per heavy atom. The number of hydrogen-bond donors (Lipinski definition) is 0. The lowest BCUT2D eigenvalue weighted by Crippen LogP contribution is -2.37. The smallest absolute Gasteiger partial charge is 0.0595 e. The van der Waals surface area contributed by atoms with Crippen LogP contribution in [0.5, 0.6) is 0 Å². The van der Waals surface area contributed by atoms with Gasteiger partial charge in [-0.1, -0.05) is 32.1 Å². The number of rotatable bonds is 4. The summed E-state index contributed by atoms with van der Waals surface area (Å²) in [5.41, 5.74) is 0. The Morgan fingerprint density at radius 1 is 1.00 bits per heavy atom. The summed E-state index contributed by atoms with van der Waals surface area (Å²) in [7, 11) is 1.85. The maximum absolute atomic E-state index is 5.41. The first-order valence-electron chi connectivity index (χ1n) is 7.13. The summed E-state index contributed by atoms with van der Waals surface area (Å²) in [5.74, 6) is 1.04. The molecule has 1 saturated carbocycles. The van der Waals surface area contributed by atoms with Gasteiger partial charge in [0, 0.05) is 20.2 Å². The lowest BCUT2D eigenvalue weighted by atomic mass is 9.87. The fourth-order valence-electron chi connectivity index (χ4n) is 3.21. The van der Waals surface area contributed by atoms with Crippen molar-refractivity contribution in [3.63, 3.8) is 0 Å². The molecule has 0 aromatic carbocycles. The summed E-state index contributed by atoms with van der Waals surface area (Å²) >= 11 is 0. The SMILES string of the molecule is COC1CCN(CCC2CCCCC2)CC1. The standard InChI is InChI=1S/C14H27NO/c1-16-14-8-11-15(12-9-14)10-7-13-5-3-2-4-6-13/h13-14H,2-12H2,1H3. The molecule has 0 unspecified atom stereocenters. The molecule has 16 heavy (non-hydrogen) atoms. The second-order valence-electron chi connectivity index (χ2n) is 5.57. The maximum Gasteiger partial charge on any atom is 0.0595 e. The van der Waals surface area contributed by atoms with E-state index in [1.165, 1.54) is 71.0 Å². The van der Waals surface area contributed by atoms with Gasteiger partial charge in [-0.05, 0) is 31.7 Å². The third-order valence-corrected chi connectivity index (χ3v) is 4.45. The van der Waals surface area contributed by atoms with Crippen LogP contribution in [0.2, 0.25) is 0 Å². The molecule has 0 spiro atoms. The van der Waals surface area contributed by atoms with Gasteiger partial charge >= 0.3 is 0 Å². The molecule has 0 aromatic rings. The summed E-state index contributed by atoms with van der Waals surface area (Å²) in [6.07, 6.45) is 11.9. The molecule has 2 nitrogen and oxygen atoms in total. The highest BCUT2D eigenvalue weighted by atomic mass is 16.5. The molecule has 0 atom stereocenters. The van der Waals surface area contributed by atoms with Gasteiger partial charge in [0.2, 0.25) is 0 Å². The summed E-state index contributed by atoms with van der Waals surface area (Å²) in [6, 6.07) is 0. The molecular formula is C14H27NO. The molecule has 94 valence electrons. The van der Waals surface area contributed by atoms with Gasteiger partial charge in [-0.25, -0.2) is 0 Å². The molecule has 0 radical (unpaired) electrons. The highest BCUT2D eigenvalue weighted by molar-refractivity contribution is 4.74. The zero-order chi connectivity index (χ0) is 11.2. The molecule has 0 amide bonds. The predicted octanol–water partition coefficient (Wildman–Crippen LogP) is 3.07. The molecule has 1 heterocycles. The Hall–Kier alpha value is -0.0800. The molecule has 2 fully saturated rings. The van der Waals surface area contributed by atoms with E-state index >= 15 is 0 Å². The third kappa shape index (κ3) is 3.74. The Morgan fingerprint density at radius 2 is 1.69 bits per heavy atom. The molecule has 1 aliphatic heterocycles. The van der Waals surface area contributed by atoms with E-state index in [1.807, 2.05) is 7.11 Å². The first kappa shape index (κ1) is 12.4. The minimum Gasteiger partial charge on any atom is -0.381 e. The molecule has 0 N–H and O–H groups in total. The van der Waals surface area contributed by atoms with Crippen molar-refractivity contribution in [2.75, 3.05) is 26.7 Å². The predicted molar refractivity (Wildman–Crippen MR) is 67.7 cm³/mol. The maximum atomic E-state index is 5.41. The topological polar surface area (TPSA) is 12.5 Å². The van der Waals surface area contributed by atoms with Gasteiger partial charge in [0.1, 0.15) is 0 Å². The van der Waals surface area contributed by atoms with Crippen LogP contribution in [0.4, 0.5) is 0 Å². The van der Waals surface area contributed by atoms with E-state index in [1.54, 1.807) is 0 Å². The quantitative estimate of drug-likeness (QED) is 0.729. The van der Waals surface area contributed by atoms with E-state index in [9.17, 15) is 0 Å². The second-order valence-corrected chi connectivity index (χ2v) is 5.57. The molecule has 1 aliphatic carbocycles. The van der Waals surface area contributed by atoms with Crippen molar-refractivity contribution in [1.82, 2.24) is 4.90 Å². The lowest BCUT2D eigenvalue weighted by molar-refractivity contribution is 0.0391. The van der Waals surface area contributed by atoms with Crippen molar-refractivity contribution in [2.24, 2.45) is 5.92 Å². The molecule has 1 saturated heterocycles. The van der Waals surface area contributed by atoms with Crippen molar-refractivity contribution in [2.45, 2.75) is 57.5 Å². The van der Waals surface area contributed by atoms with Crippen LogP contribution in [0.1, 0.15) is 51.4 Å². The summed E-state index contributed by atoms with van der Waals surface area (Å²) < 4.78 is 5.41. The number of nitrogens with zero attached hydrogens (tertiary/aromatic N) is 1. The van der Waals surface area contributed by atoms with Gasteiger partial charge in [0.15, 0.2) is 0 Å². The largest absolute Gasteiger partial charge is 0.381 e. The van der Waals surface area contributed by atoms with Crippen LogP contribution in [0.3, 0.4) is 0 Å². The van der Waals surface area contributed by atoms with Crippen LogP contribution in [-0.4, -0.2) is 37.7 Å². The minimum atomic E-state index is 0.533. The Kier molecular flexibility index (Phi) is 5.11. The van der Waals surface area contributed by atoms with E-state index in [4.69, 9.17) is 4.74 Å². The number of methoxy groups -OCH3 is 1. The lowest BCUT2D eigenvalue weighted by Gasteiger charge is -2.32. The van der Waals surface area contributed by atoms with Crippen molar-refractivity contribution < 1.29 is 4.74 Å². The second kappa shape index (κ2) is 6.61. The zero-order valence-corrected chi connectivity index (χ0v) is 10.8. The number of hydrogen-bond acceptors (Lipinski definition) is 2. The first-order chi connectivity index (χ1) is 7.88. The van der Waals surface area contributed by atoms with Gasteiger partial charge in [-0.2, -0.15) is 0 Å². The highest BCUT2D eigenvalue weighted by Gasteiger charge is 2.20. The third-order valence-electron chi connectivity index (χ3n) is 4.45. The van der Waals surface area contributed by atoms with Crippen LogP contribution < -0.4 is 0 Å². The van der Waals surface area contributed by atoms with E-state index in [0.717, 1.165) is 5.92 Å². The normalized spacial score (nSPS) is 26.1. The first-order valence-corrected chi connectivity index (χ1v) is 7.13. The van der Waals surface area contributed by atoms with Crippen LogP contribution in [0.15, 0.2) is 0 Å². The summed E-state index contributed by atoms with van der Waals surface area (Å²) in [5, 5.41) is 0. The highest BCUT2D eigenvalue weighted by Crippen LogP contribution is 2.26. The van der Waals surface area contributed by atoms with Crippen molar-refractivity contribution in [3.8, 4) is 0 Å². The molecule has 0 aromatic heterocycles. The fraction of sp³-hybridized carbons (Fsp3) is 1.00. The van der Waals surface area contributed by atoms with Gasteiger partial charge in [-0.15, -0.1) is 0 Å². The average molecular weight is 225 g/mol. The van der Waals surface area contributed by atoms with Gasteiger partial charge in [0.25, 0.3) is 0 Å². The number of likely N-dealkylation sites (tertiary alicyclic amines) is 1. The molecular weight excluding hydrogens is 198 g/mol. The molecule has 2 rings (SSSR count). The molecule has 0 bridgehead atoms. The van der Waals surface area contributed by atoms with Crippen LogP contribution in [0.25, 0.3) is 0 Å².